The van der Waals surface area contributed by atoms with Crippen molar-refractivity contribution in [1.29, 1.82) is 0 Å². The molecule has 0 fully saturated rings. The molecule has 0 bridgehead atoms. The maximum Gasteiger partial charge on any atom is 0.251 e. The van der Waals surface area contributed by atoms with Crippen LogP contribution in [0, 0.1) is 0 Å². The van der Waals surface area contributed by atoms with Crippen LogP contribution in [-0.4, -0.2) is 33.9 Å². The van der Waals surface area contributed by atoms with E-state index in [9.17, 15) is 15.0 Å². The fourth-order valence-electron chi connectivity index (χ4n) is 1.86. The number of benzene rings is 1. The van der Waals surface area contributed by atoms with Crippen LogP contribution >= 0.6 is 0 Å². The lowest BCUT2D eigenvalue weighted by molar-refractivity contribution is -0.0156. The first-order chi connectivity index (χ1) is 7.65. The molecule has 0 saturated heterocycles. The zero-order valence-electron chi connectivity index (χ0n) is 8.55. The first-order valence-electron chi connectivity index (χ1n) is 5.02. The molecule has 86 valence electrons. The second-order valence-electron chi connectivity index (χ2n) is 3.75. The molecule has 0 aliphatic carbocycles. The molecule has 0 aromatic heterocycles. The van der Waals surface area contributed by atoms with Crippen LogP contribution in [0.2, 0.25) is 0 Å². The molecule has 2 atom stereocenters. The Hall–Kier alpha value is -1.43. The molecule has 2 unspecified atom stereocenters. The Morgan fingerprint density at radius 1 is 1.38 bits per heavy atom. The molecule has 1 aliphatic heterocycles. The molecular weight excluding hydrogens is 210 g/mol. The van der Waals surface area contributed by atoms with Gasteiger partial charge in [-0.2, -0.15) is 0 Å². The summed E-state index contributed by atoms with van der Waals surface area (Å²) < 4.78 is 0. The maximum absolute atomic E-state index is 11.4. The smallest absolute Gasteiger partial charge is 0.251 e. The Morgan fingerprint density at radius 2 is 2.12 bits per heavy atom. The molecule has 1 aromatic carbocycles. The summed E-state index contributed by atoms with van der Waals surface area (Å²) in [6.07, 6.45) is -2.41. The van der Waals surface area contributed by atoms with E-state index in [4.69, 9.17) is 5.11 Å². The molecule has 1 amide bonds. The fourth-order valence-corrected chi connectivity index (χ4v) is 1.86. The minimum Gasteiger partial charge on any atom is -0.394 e. The van der Waals surface area contributed by atoms with Crippen LogP contribution in [0.1, 0.15) is 27.6 Å². The van der Waals surface area contributed by atoms with Gasteiger partial charge in [0, 0.05) is 12.1 Å². The van der Waals surface area contributed by atoms with E-state index in [2.05, 4.69) is 5.32 Å². The lowest BCUT2D eigenvalue weighted by atomic mass is 9.96. The predicted octanol–water partition coefficient (Wildman–Crippen LogP) is -0.683. The van der Waals surface area contributed by atoms with Gasteiger partial charge in [0.25, 0.3) is 5.91 Å². The van der Waals surface area contributed by atoms with Crippen LogP contribution in [0.3, 0.4) is 0 Å². The lowest BCUT2D eigenvalue weighted by Crippen LogP contribution is -2.23. The maximum atomic E-state index is 11.4. The van der Waals surface area contributed by atoms with E-state index in [0.717, 1.165) is 0 Å². The standard InChI is InChI=1S/C11H13NO4/c13-5-9(14)10(15)6-2-1-3-7-8(6)4-12-11(7)16/h1-3,9-10,13-15H,4-5H2,(H,12,16). The third kappa shape index (κ3) is 1.69. The van der Waals surface area contributed by atoms with Crippen molar-refractivity contribution >= 4 is 5.91 Å². The molecule has 5 nitrogen and oxygen atoms in total. The predicted molar refractivity (Wildman–Crippen MR) is 55.7 cm³/mol. The highest BCUT2D eigenvalue weighted by Crippen LogP contribution is 2.26. The van der Waals surface area contributed by atoms with Gasteiger partial charge in [0.1, 0.15) is 12.2 Å². The summed E-state index contributed by atoms with van der Waals surface area (Å²) in [5.41, 5.74) is 1.69. The van der Waals surface area contributed by atoms with E-state index in [-0.39, 0.29) is 5.91 Å². The van der Waals surface area contributed by atoms with Crippen LogP contribution in [0.4, 0.5) is 0 Å². The normalized spacial score (nSPS) is 17.8. The number of carbonyl (C=O) groups is 1. The Labute approximate surface area is 92.3 Å². The van der Waals surface area contributed by atoms with Crippen LogP contribution in [0.25, 0.3) is 0 Å². The van der Waals surface area contributed by atoms with Crippen molar-refractivity contribution in [2.45, 2.75) is 18.8 Å². The van der Waals surface area contributed by atoms with E-state index in [1.807, 2.05) is 0 Å². The zero-order chi connectivity index (χ0) is 11.7. The molecular formula is C11H13NO4. The number of aliphatic hydroxyl groups is 3. The number of carbonyl (C=O) groups excluding carboxylic acids is 1. The van der Waals surface area contributed by atoms with Crippen molar-refractivity contribution in [1.82, 2.24) is 5.32 Å². The van der Waals surface area contributed by atoms with Crippen molar-refractivity contribution < 1.29 is 20.1 Å². The first kappa shape index (κ1) is 11.1. The average molecular weight is 223 g/mol. The number of amides is 1. The SMILES string of the molecule is O=C1NCc2c1cccc2C(O)C(O)CO. The van der Waals surface area contributed by atoms with Gasteiger partial charge in [-0.05, 0) is 17.2 Å². The van der Waals surface area contributed by atoms with Crippen LogP contribution in [-0.2, 0) is 6.54 Å². The van der Waals surface area contributed by atoms with E-state index < -0.39 is 18.8 Å². The number of fused-ring (bicyclic) bond motifs is 1. The van der Waals surface area contributed by atoms with Gasteiger partial charge >= 0.3 is 0 Å². The summed E-state index contributed by atoms with van der Waals surface area (Å²) in [5, 5.41) is 30.6. The Balaban J connectivity index is 2.40. The highest BCUT2D eigenvalue weighted by atomic mass is 16.4. The highest BCUT2D eigenvalue weighted by Gasteiger charge is 2.26. The summed E-state index contributed by atoms with van der Waals surface area (Å²) in [4.78, 5) is 11.4. The van der Waals surface area contributed by atoms with Gasteiger partial charge in [0.2, 0.25) is 0 Å². The molecule has 2 rings (SSSR count). The molecule has 0 spiro atoms. The van der Waals surface area contributed by atoms with E-state index in [0.29, 0.717) is 23.2 Å². The van der Waals surface area contributed by atoms with Crippen molar-refractivity contribution in [3.8, 4) is 0 Å². The summed E-state index contributed by atoms with van der Waals surface area (Å²) in [6, 6.07) is 4.95. The fraction of sp³-hybridized carbons (Fsp3) is 0.364. The minimum atomic E-state index is -1.23. The van der Waals surface area contributed by atoms with Gasteiger partial charge in [-0.3, -0.25) is 4.79 Å². The van der Waals surface area contributed by atoms with Gasteiger partial charge in [0.15, 0.2) is 0 Å². The number of rotatable bonds is 3. The van der Waals surface area contributed by atoms with Gasteiger partial charge in [-0.1, -0.05) is 12.1 Å². The summed E-state index contributed by atoms with van der Waals surface area (Å²) in [6.45, 7) is -0.175. The van der Waals surface area contributed by atoms with Crippen molar-refractivity contribution in [2.24, 2.45) is 0 Å². The molecule has 1 aromatic rings. The molecule has 1 aliphatic rings. The number of hydrogen-bond donors (Lipinski definition) is 4. The topological polar surface area (TPSA) is 89.8 Å². The highest BCUT2D eigenvalue weighted by molar-refractivity contribution is 5.98. The minimum absolute atomic E-state index is 0.178. The third-order valence-electron chi connectivity index (χ3n) is 2.75. The molecule has 0 saturated carbocycles. The zero-order valence-corrected chi connectivity index (χ0v) is 8.55. The lowest BCUT2D eigenvalue weighted by Gasteiger charge is -2.18. The molecule has 16 heavy (non-hydrogen) atoms. The van der Waals surface area contributed by atoms with Crippen molar-refractivity contribution in [3.05, 3.63) is 34.9 Å². The van der Waals surface area contributed by atoms with Crippen LogP contribution in [0.5, 0.6) is 0 Å². The number of nitrogens with one attached hydrogen (secondary N) is 1. The molecule has 4 N–H and O–H groups in total. The second-order valence-corrected chi connectivity index (χ2v) is 3.75. The second kappa shape index (κ2) is 4.21. The first-order valence-corrected chi connectivity index (χ1v) is 5.02. The number of hydrogen-bond acceptors (Lipinski definition) is 4. The average Bonchev–Trinajstić information content (AvgIpc) is 2.69. The van der Waals surface area contributed by atoms with E-state index in [1.165, 1.54) is 0 Å². The van der Waals surface area contributed by atoms with Gasteiger partial charge in [0.05, 0.1) is 6.61 Å². The summed E-state index contributed by atoms with van der Waals surface area (Å²) >= 11 is 0. The van der Waals surface area contributed by atoms with Crippen LogP contribution in [0.15, 0.2) is 18.2 Å². The van der Waals surface area contributed by atoms with Crippen molar-refractivity contribution in [2.75, 3.05) is 6.61 Å². The third-order valence-corrected chi connectivity index (χ3v) is 2.75. The molecule has 0 radical (unpaired) electrons. The summed E-state index contributed by atoms with van der Waals surface area (Å²) in [5.74, 6) is -0.178. The quantitative estimate of drug-likeness (QED) is 0.546. The largest absolute Gasteiger partial charge is 0.394 e. The van der Waals surface area contributed by atoms with E-state index in [1.54, 1.807) is 18.2 Å². The van der Waals surface area contributed by atoms with Gasteiger partial charge < -0.3 is 20.6 Å². The Kier molecular flexibility index (Phi) is 2.91. The molecule has 5 heteroatoms. The van der Waals surface area contributed by atoms with Gasteiger partial charge in [-0.25, -0.2) is 0 Å². The Morgan fingerprint density at radius 3 is 2.81 bits per heavy atom. The molecule has 1 heterocycles. The monoisotopic (exact) mass is 223 g/mol. The van der Waals surface area contributed by atoms with Gasteiger partial charge in [-0.15, -0.1) is 0 Å². The van der Waals surface area contributed by atoms with Crippen LogP contribution < -0.4 is 5.32 Å². The Bertz CT molecular complexity index is 418. The van der Waals surface area contributed by atoms with Crippen molar-refractivity contribution in [3.63, 3.8) is 0 Å². The number of aliphatic hydroxyl groups excluding tert-OH is 3. The summed E-state index contributed by atoms with van der Waals surface area (Å²) in [7, 11) is 0. The van der Waals surface area contributed by atoms with E-state index >= 15 is 0 Å².